The first kappa shape index (κ1) is 16.9. The molecule has 2 aromatic rings. The van der Waals surface area contributed by atoms with Crippen LogP contribution in [0.2, 0.25) is 0 Å². The lowest BCUT2D eigenvalue weighted by molar-refractivity contribution is 0.138. The molecule has 0 radical (unpaired) electrons. The van der Waals surface area contributed by atoms with Gasteiger partial charge in [0.15, 0.2) is 0 Å². The van der Waals surface area contributed by atoms with Gasteiger partial charge in [-0.3, -0.25) is 5.32 Å². The van der Waals surface area contributed by atoms with Crippen LogP contribution in [0.1, 0.15) is 26.3 Å². The van der Waals surface area contributed by atoms with Crippen molar-refractivity contribution in [3.05, 3.63) is 60.2 Å². The van der Waals surface area contributed by atoms with Crippen molar-refractivity contribution in [2.45, 2.75) is 26.2 Å². The van der Waals surface area contributed by atoms with E-state index in [1.54, 1.807) is 12.1 Å². The number of ether oxygens (including phenoxy) is 2. The van der Waals surface area contributed by atoms with Crippen LogP contribution in [-0.2, 0) is 10.2 Å². The van der Waals surface area contributed by atoms with E-state index in [4.69, 9.17) is 9.47 Å². The first-order valence-electron chi connectivity index (χ1n) is 7.67. The van der Waals surface area contributed by atoms with Gasteiger partial charge in [0, 0.05) is 5.69 Å². The minimum atomic E-state index is -0.483. The van der Waals surface area contributed by atoms with Crippen LogP contribution in [0.25, 0.3) is 0 Å². The van der Waals surface area contributed by atoms with Crippen LogP contribution in [-0.4, -0.2) is 19.3 Å². The van der Waals surface area contributed by atoms with Gasteiger partial charge in [0.05, 0.1) is 0 Å². The molecule has 0 unspecified atom stereocenters. The Balaban J connectivity index is 1.70. The summed E-state index contributed by atoms with van der Waals surface area (Å²) < 4.78 is 10.6. The van der Waals surface area contributed by atoms with Crippen LogP contribution in [0.3, 0.4) is 0 Å². The third kappa shape index (κ3) is 5.66. The van der Waals surface area contributed by atoms with Gasteiger partial charge in [-0.1, -0.05) is 51.1 Å². The largest absolute Gasteiger partial charge is 0.490 e. The molecule has 0 aliphatic carbocycles. The van der Waals surface area contributed by atoms with Gasteiger partial charge in [0.2, 0.25) is 0 Å². The van der Waals surface area contributed by atoms with Crippen LogP contribution < -0.4 is 10.1 Å². The van der Waals surface area contributed by atoms with Crippen molar-refractivity contribution >= 4 is 11.8 Å². The molecular weight excluding hydrogens is 290 g/mol. The van der Waals surface area contributed by atoms with Crippen LogP contribution in [0.15, 0.2) is 54.6 Å². The van der Waals surface area contributed by atoms with E-state index >= 15 is 0 Å². The molecule has 0 aromatic heterocycles. The summed E-state index contributed by atoms with van der Waals surface area (Å²) in [6.45, 7) is 7.02. The molecule has 122 valence electrons. The predicted octanol–water partition coefficient (Wildman–Crippen LogP) is 4.61. The predicted molar refractivity (Wildman–Crippen MR) is 92.0 cm³/mol. The van der Waals surface area contributed by atoms with Gasteiger partial charge in [0.25, 0.3) is 0 Å². The molecule has 0 aliphatic rings. The fourth-order valence-corrected chi connectivity index (χ4v) is 2.02. The van der Waals surface area contributed by atoms with Crippen molar-refractivity contribution in [1.82, 2.24) is 0 Å². The summed E-state index contributed by atoms with van der Waals surface area (Å²) in [4.78, 5) is 11.6. The van der Waals surface area contributed by atoms with E-state index in [1.807, 2.05) is 30.3 Å². The third-order valence-corrected chi connectivity index (χ3v) is 3.33. The quantitative estimate of drug-likeness (QED) is 0.820. The van der Waals surface area contributed by atoms with Gasteiger partial charge in [-0.2, -0.15) is 0 Å². The Kier molecular flexibility index (Phi) is 5.63. The van der Waals surface area contributed by atoms with Gasteiger partial charge < -0.3 is 9.47 Å². The van der Waals surface area contributed by atoms with Crippen molar-refractivity contribution < 1.29 is 14.3 Å². The highest BCUT2D eigenvalue weighted by molar-refractivity contribution is 5.84. The number of hydrogen-bond acceptors (Lipinski definition) is 3. The summed E-state index contributed by atoms with van der Waals surface area (Å²) >= 11 is 0. The summed E-state index contributed by atoms with van der Waals surface area (Å²) in [5, 5.41) is 2.65. The smallest absolute Gasteiger partial charge is 0.411 e. The lowest BCUT2D eigenvalue weighted by atomic mass is 9.87. The van der Waals surface area contributed by atoms with E-state index in [-0.39, 0.29) is 12.0 Å². The molecular formula is C19H23NO3. The average Bonchev–Trinajstić information content (AvgIpc) is 2.52. The van der Waals surface area contributed by atoms with Crippen LogP contribution in [0.4, 0.5) is 10.5 Å². The molecule has 0 bridgehead atoms. The van der Waals surface area contributed by atoms with Crippen molar-refractivity contribution in [2.24, 2.45) is 0 Å². The van der Waals surface area contributed by atoms with Crippen LogP contribution >= 0.6 is 0 Å². The second kappa shape index (κ2) is 7.68. The standard InChI is InChI=1S/C19H23NO3/c1-19(2,3)15-9-11-17(12-10-15)22-13-14-23-18(21)20-16-7-5-4-6-8-16/h4-12H,13-14H2,1-3H3,(H,20,21). The summed E-state index contributed by atoms with van der Waals surface area (Å²) in [6, 6.07) is 17.2. The van der Waals surface area contributed by atoms with Crippen LogP contribution in [0.5, 0.6) is 5.75 Å². The Morgan fingerprint density at radius 2 is 1.61 bits per heavy atom. The number of benzene rings is 2. The fraction of sp³-hybridized carbons (Fsp3) is 0.316. The van der Waals surface area contributed by atoms with E-state index in [9.17, 15) is 4.79 Å². The number of anilines is 1. The van der Waals surface area contributed by atoms with Crippen molar-refractivity contribution in [3.8, 4) is 5.75 Å². The van der Waals surface area contributed by atoms with Crippen molar-refractivity contribution in [3.63, 3.8) is 0 Å². The Morgan fingerprint density at radius 1 is 0.957 bits per heavy atom. The second-order valence-electron chi connectivity index (χ2n) is 6.25. The average molecular weight is 313 g/mol. The minimum Gasteiger partial charge on any atom is -0.490 e. The van der Waals surface area contributed by atoms with Gasteiger partial charge in [0.1, 0.15) is 19.0 Å². The molecule has 0 saturated carbocycles. The van der Waals surface area contributed by atoms with Gasteiger partial charge in [-0.05, 0) is 35.2 Å². The van der Waals surface area contributed by atoms with E-state index in [0.29, 0.717) is 12.3 Å². The van der Waals surface area contributed by atoms with Crippen molar-refractivity contribution in [2.75, 3.05) is 18.5 Å². The molecule has 1 amide bonds. The fourth-order valence-electron chi connectivity index (χ4n) is 2.02. The monoisotopic (exact) mass is 313 g/mol. The molecule has 0 spiro atoms. The molecule has 0 atom stereocenters. The first-order valence-corrected chi connectivity index (χ1v) is 7.67. The van der Waals surface area contributed by atoms with Crippen LogP contribution in [0, 0.1) is 0 Å². The maximum atomic E-state index is 11.6. The highest BCUT2D eigenvalue weighted by atomic mass is 16.6. The summed E-state index contributed by atoms with van der Waals surface area (Å²) in [5.74, 6) is 0.769. The Hall–Kier alpha value is -2.49. The highest BCUT2D eigenvalue weighted by Gasteiger charge is 2.12. The molecule has 0 saturated heterocycles. The molecule has 4 nitrogen and oxygen atoms in total. The maximum Gasteiger partial charge on any atom is 0.411 e. The van der Waals surface area contributed by atoms with Crippen molar-refractivity contribution in [1.29, 1.82) is 0 Å². The number of nitrogens with one attached hydrogen (secondary N) is 1. The molecule has 0 heterocycles. The zero-order chi connectivity index (χ0) is 16.7. The number of amides is 1. The van der Waals surface area contributed by atoms with E-state index in [0.717, 1.165) is 5.75 Å². The van der Waals surface area contributed by atoms with Gasteiger partial charge >= 0.3 is 6.09 Å². The Labute approximate surface area is 137 Å². The lowest BCUT2D eigenvalue weighted by Crippen LogP contribution is -2.17. The SMILES string of the molecule is CC(C)(C)c1ccc(OCCOC(=O)Nc2ccccc2)cc1. The summed E-state index contributed by atoms with van der Waals surface area (Å²) in [6.07, 6.45) is -0.483. The van der Waals surface area contributed by atoms with E-state index < -0.39 is 6.09 Å². The van der Waals surface area contributed by atoms with Gasteiger partial charge in [-0.25, -0.2) is 4.79 Å². The zero-order valence-corrected chi connectivity index (χ0v) is 13.8. The number of carbonyl (C=O) groups excluding carboxylic acids is 1. The molecule has 23 heavy (non-hydrogen) atoms. The number of carbonyl (C=O) groups is 1. The summed E-state index contributed by atoms with van der Waals surface area (Å²) in [7, 11) is 0. The Morgan fingerprint density at radius 3 is 2.22 bits per heavy atom. The number of hydrogen-bond donors (Lipinski definition) is 1. The molecule has 4 heteroatoms. The Bertz CT molecular complexity index is 615. The first-order chi connectivity index (χ1) is 10.9. The number of rotatable bonds is 5. The van der Waals surface area contributed by atoms with Gasteiger partial charge in [-0.15, -0.1) is 0 Å². The highest BCUT2D eigenvalue weighted by Crippen LogP contribution is 2.24. The molecule has 1 N–H and O–H groups in total. The summed E-state index contributed by atoms with van der Waals surface area (Å²) in [5.41, 5.74) is 2.08. The third-order valence-electron chi connectivity index (χ3n) is 3.33. The lowest BCUT2D eigenvalue weighted by Gasteiger charge is -2.19. The topological polar surface area (TPSA) is 47.6 Å². The normalized spacial score (nSPS) is 10.9. The number of para-hydroxylation sites is 1. The maximum absolute atomic E-state index is 11.6. The van der Waals surface area contributed by atoms with E-state index in [2.05, 4.69) is 38.2 Å². The molecule has 2 rings (SSSR count). The van der Waals surface area contributed by atoms with E-state index in [1.165, 1.54) is 5.56 Å². The molecule has 0 fully saturated rings. The molecule has 2 aromatic carbocycles. The zero-order valence-electron chi connectivity index (χ0n) is 13.8. The molecule has 0 aliphatic heterocycles. The second-order valence-corrected chi connectivity index (χ2v) is 6.25. The minimum absolute atomic E-state index is 0.122.